The highest BCUT2D eigenvalue weighted by molar-refractivity contribution is 4.96. The summed E-state index contributed by atoms with van der Waals surface area (Å²) in [6, 6.07) is 1.90. The Bertz CT molecular complexity index is 259. The van der Waals surface area contributed by atoms with Gasteiger partial charge in [0.1, 0.15) is 5.82 Å². The first-order chi connectivity index (χ1) is 7.88. The molecule has 90 valence electrons. The van der Waals surface area contributed by atoms with E-state index >= 15 is 0 Å². The monoisotopic (exact) mass is 220 g/mol. The van der Waals surface area contributed by atoms with Crippen LogP contribution in [0.5, 0.6) is 0 Å². The third-order valence-electron chi connectivity index (χ3n) is 3.01. The molecule has 1 rings (SSSR count). The molecule has 1 aromatic heterocycles. The third-order valence-corrected chi connectivity index (χ3v) is 3.01. The number of rotatable bonds is 8. The first-order valence-corrected chi connectivity index (χ1v) is 6.65. The van der Waals surface area contributed by atoms with Crippen molar-refractivity contribution in [2.75, 3.05) is 0 Å². The van der Waals surface area contributed by atoms with Crippen LogP contribution in [0.4, 0.5) is 0 Å². The first kappa shape index (κ1) is 13.1. The van der Waals surface area contributed by atoms with Crippen LogP contribution in [0.15, 0.2) is 18.5 Å². The number of nitrogens with zero attached hydrogens (tertiary/aromatic N) is 2. The molecule has 1 atom stereocenters. The van der Waals surface area contributed by atoms with Crippen LogP contribution in [0.1, 0.15) is 70.5 Å². The highest BCUT2D eigenvalue weighted by Gasteiger charge is 2.12. The number of hydrogen-bond donors (Lipinski definition) is 0. The fraction of sp³-hybridized carbons (Fsp3) is 0.714. The van der Waals surface area contributed by atoms with Crippen molar-refractivity contribution in [2.45, 2.75) is 64.7 Å². The molecule has 0 saturated carbocycles. The van der Waals surface area contributed by atoms with Crippen molar-refractivity contribution in [3.05, 3.63) is 24.3 Å². The van der Waals surface area contributed by atoms with Crippen molar-refractivity contribution >= 4 is 0 Å². The summed E-state index contributed by atoms with van der Waals surface area (Å²) in [5.41, 5.74) is 0. The summed E-state index contributed by atoms with van der Waals surface area (Å²) >= 11 is 0. The molecular formula is C14H24N2. The summed E-state index contributed by atoms with van der Waals surface area (Å²) in [6.45, 7) is 4.50. The normalized spacial score (nSPS) is 12.6. The Hall–Kier alpha value is -0.920. The van der Waals surface area contributed by atoms with Gasteiger partial charge in [0.05, 0.1) is 0 Å². The molecule has 16 heavy (non-hydrogen) atoms. The molecule has 0 amide bonds. The predicted molar refractivity (Wildman–Crippen MR) is 68.4 cm³/mol. The van der Waals surface area contributed by atoms with Crippen LogP contribution in [0.25, 0.3) is 0 Å². The largest absolute Gasteiger partial charge is 0.241 e. The van der Waals surface area contributed by atoms with Gasteiger partial charge in [-0.25, -0.2) is 9.97 Å². The van der Waals surface area contributed by atoms with E-state index < -0.39 is 0 Å². The lowest BCUT2D eigenvalue weighted by molar-refractivity contribution is 0.495. The summed E-state index contributed by atoms with van der Waals surface area (Å²) < 4.78 is 0. The number of unbranched alkanes of at least 4 members (excludes halogenated alkanes) is 3. The topological polar surface area (TPSA) is 25.8 Å². The summed E-state index contributed by atoms with van der Waals surface area (Å²) in [7, 11) is 0. The van der Waals surface area contributed by atoms with Gasteiger partial charge >= 0.3 is 0 Å². The van der Waals surface area contributed by atoms with Gasteiger partial charge in [-0.15, -0.1) is 0 Å². The van der Waals surface area contributed by atoms with Crippen LogP contribution in [-0.4, -0.2) is 9.97 Å². The second-order valence-electron chi connectivity index (χ2n) is 4.44. The first-order valence-electron chi connectivity index (χ1n) is 6.65. The van der Waals surface area contributed by atoms with Crippen LogP contribution in [0.3, 0.4) is 0 Å². The van der Waals surface area contributed by atoms with Crippen LogP contribution < -0.4 is 0 Å². The maximum atomic E-state index is 4.40. The summed E-state index contributed by atoms with van der Waals surface area (Å²) in [5.74, 6) is 1.62. The Kier molecular flexibility index (Phi) is 6.78. The standard InChI is InChI=1S/C14H24N2/c1-3-5-7-10-13(9-6-4-2)14-15-11-8-12-16-14/h8,11-13H,3-7,9-10H2,1-2H3. The lowest BCUT2D eigenvalue weighted by Crippen LogP contribution is -2.04. The number of aromatic nitrogens is 2. The van der Waals surface area contributed by atoms with Crippen molar-refractivity contribution in [1.29, 1.82) is 0 Å². The average Bonchev–Trinajstić information content (AvgIpc) is 2.35. The smallest absolute Gasteiger partial charge is 0.131 e. The molecule has 0 N–H and O–H groups in total. The average molecular weight is 220 g/mol. The van der Waals surface area contributed by atoms with Crippen molar-refractivity contribution in [2.24, 2.45) is 0 Å². The van der Waals surface area contributed by atoms with Gasteiger partial charge in [0, 0.05) is 18.3 Å². The van der Waals surface area contributed by atoms with Gasteiger partial charge in [-0.3, -0.25) is 0 Å². The van der Waals surface area contributed by atoms with E-state index in [0.717, 1.165) is 5.82 Å². The molecule has 0 spiro atoms. The highest BCUT2D eigenvalue weighted by Crippen LogP contribution is 2.24. The Labute approximate surface area is 99.5 Å². The molecule has 0 aromatic carbocycles. The minimum atomic E-state index is 0.577. The zero-order valence-electron chi connectivity index (χ0n) is 10.7. The van der Waals surface area contributed by atoms with Crippen molar-refractivity contribution in [3.63, 3.8) is 0 Å². The molecule has 0 aliphatic heterocycles. The van der Waals surface area contributed by atoms with Gasteiger partial charge in [-0.1, -0.05) is 46.0 Å². The van der Waals surface area contributed by atoms with E-state index in [1.54, 1.807) is 0 Å². The maximum Gasteiger partial charge on any atom is 0.131 e. The van der Waals surface area contributed by atoms with E-state index in [1.807, 2.05) is 18.5 Å². The Morgan fingerprint density at radius 2 is 1.56 bits per heavy atom. The summed E-state index contributed by atoms with van der Waals surface area (Å²) in [6.07, 6.45) is 12.7. The molecule has 0 aliphatic carbocycles. The van der Waals surface area contributed by atoms with Crippen LogP contribution in [-0.2, 0) is 0 Å². The molecule has 0 radical (unpaired) electrons. The quantitative estimate of drug-likeness (QED) is 0.609. The lowest BCUT2D eigenvalue weighted by Gasteiger charge is -2.14. The van der Waals surface area contributed by atoms with Gasteiger partial charge < -0.3 is 0 Å². The second-order valence-corrected chi connectivity index (χ2v) is 4.44. The Balaban J connectivity index is 2.49. The van der Waals surface area contributed by atoms with Crippen LogP contribution in [0, 0.1) is 0 Å². The fourth-order valence-electron chi connectivity index (χ4n) is 2.02. The molecule has 0 bridgehead atoms. The summed E-state index contributed by atoms with van der Waals surface area (Å²) in [4.78, 5) is 8.80. The summed E-state index contributed by atoms with van der Waals surface area (Å²) in [5, 5.41) is 0. The second kappa shape index (κ2) is 8.26. The van der Waals surface area contributed by atoms with Gasteiger partial charge in [0.2, 0.25) is 0 Å². The molecule has 0 aliphatic rings. The van der Waals surface area contributed by atoms with Gasteiger partial charge in [-0.2, -0.15) is 0 Å². The van der Waals surface area contributed by atoms with E-state index in [9.17, 15) is 0 Å². The van der Waals surface area contributed by atoms with Crippen molar-refractivity contribution < 1.29 is 0 Å². The highest BCUT2D eigenvalue weighted by atomic mass is 14.9. The van der Waals surface area contributed by atoms with Crippen LogP contribution in [0.2, 0.25) is 0 Å². The Morgan fingerprint density at radius 1 is 0.938 bits per heavy atom. The fourth-order valence-corrected chi connectivity index (χ4v) is 2.02. The van der Waals surface area contributed by atoms with E-state index in [4.69, 9.17) is 0 Å². The SMILES string of the molecule is CCCCCC(CCCC)c1ncccn1. The minimum absolute atomic E-state index is 0.577. The van der Waals surface area contributed by atoms with Crippen LogP contribution >= 0.6 is 0 Å². The Morgan fingerprint density at radius 3 is 2.19 bits per heavy atom. The molecule has 0 saturated heterocycles. The molecule has 2 nitrogen and oxygen atoms in total. The van der Waals surface area contributed by atoms with E-state index in [0.29, 0.717) is 5.92 Å². The lowest BCUT2D eigenvalue weighted by atomic mass is 9.95. The van der Waals surface area contributed by atoms with E-state index in [-0.39, 0.29) is 0 Å². The van der Waals surface area contributed by atoms with Crippen molar-refractivity contribution in [3.8, 4) is 0 Å². The van der Waals surface area contributed by atoms with E-state index in [1.165, 1.54) is 44.9 Å². The molecule has 1 aromatic rings. The molecule has 1 unspecified atom stereocenters. The molecule has 1 heterocycles. The zero-order chi connectivity index (χ0) is 11.6. The van der Waals surface area contributed by atoms with Gasteiger partial charge in [0.25, 0.3) is 0 Å². The van der Waals surface area contributed by atoms with Gasteiger partial charge in [-0.05, 0) is 18.9 Å². The zero-order valence-corrected chi connectivity index (χ0v) is 10.7. The van der Waals surface area contributed by atoms with Crippen molar-refractivity contribution in [1.82, 2.24) is 9.97 Å². The molecule has 2 heteroatoms. The predicted octanol–water partition coefficient (Wildman–Crippen LogP) is 4.33. The molecular weight excluding hydrogens is 196 g/mol. The van der Waals surface area contributed by atoms with E-state index in [2.05, 4.69) is 23.8 Å². The maximum absolute atomic E-state index is 4.40. The third kappa shape index (κ3) is 4.73. The van der Waals surface area contributed by atoms with Gasteiger partial charge in [0.15, 0.2) is 0 Å². The number of hydrogen-bond acceptors (Lipinski definition) is 2. The molecule has 0 fully saturated rings. The minimum Gasteiger partial charge on any atom is -0.241 e.